The van der Waals surface area contributed by atoms with Crippen LogP contribution in [-0.4, -0.2) is 16.4 Å². The van der Waals surface area contributed by atoms with Crippen LogP contribution in [0.4, 0.5) is 0 Å². The minimum Gasteiger partial charge on any atom is -0.351 e. The van der Waals surface area contributed by atoms with Gasteiger partial charge >= 0.3 is 0 Å². The lowest BCUT2D eigenvalue weighted by atomic mass is 10.0. The Morgan fingerprint density at radius 2 is 1.94 bits per heavy atom. The molecule has 0 radical (unpaired) electrons. The third kappa shape index (κ3) is 2.72. The van der Waals surface area contributed by atoms with Crippen molar-refractivity contribution >= 4 is 22.9 Å². The fourth-order valence-corrected chi connectivity index (χ4v) is 2.70. The summed E-state index contributed by atoms with van der Waals surface area (Å²) in [5.41, 5.74) is 1.78. The van der Waals surface area contributed by atoms with Gasteiger partial charge in [0.15, 0.2) is 0 Å². The van der Waals surface area contributed by atoms with Crippen molar-refractivity contribution in [2.75, 3.05) is 0 Å². The molecule has 0 fully saturated rings. The summed E-state index contributed by atoms with van der Waals surface area (Å²) in [6.07, 6.45) is 0.990. The van der Waals surface area contributed by atoms with E-state index in [2.05, 4.69) is 26.1 Å². The maximum atomic E-state index is 5.38. The molecule has 1 atom stereocenters. The van der Waals surface area contributed by atoms with Gasteiger partial charge in [-0.25, -0.2) is 0 Å². The second kappa shape index (κ2) is 4.57. The lowest BCUT2D eigenvalue weighted by Crippen LogP contribution is -2.40. The van der Waals surface area contributed by atoms with Gasteiger partial charge in [-0.05, 0) is 19.3 Å². The summed E-state index contributed by atoms with van der Waals surface area (Å²) < 4.78 is 0. The molecule has 1 aromatic carbocycles. The van der Waals surface area contributed by atoms with Gasteiger partial charge in [0, 0.05) is 5.56 Å². The zero-order valence-electron chi connectivity index (χ0n) is 10.5. The Morgan fingerprint density at radius 1 is 1.29 bits per heavy atom. The number of hydrogen-bond acceptors (Lipinski definition) is 2. The molecule has 0 unspecified atom stereocenters. The van der Waals surface area contributed by atoms with Crippen LogP contribution in [-0.2, 0) is 0 Å². The molecular weight excluding hydrogens is 228 g/mol. The third-order valence-electron chi connectivity index (χ3n) is 2.81. The summed E-state index contributed by atoms with van der Waals surface area (Å²) in [5.74, 6) is 0.592. The SMILES string of the molecule is CC(C)C[C@@]1(C)N=C(c2ccccc2)C(=S)N1. The summed E-state index contributed by atoms with van der Waals surface area (Å²) in [4.78, 5) is 5.54. The molecule has 0 aromatic heterocycles. The van der Waals surface area contributed by atoms with Gasteiger partial charge in [0.05, 0.1) is 0 Å². The first-order valence-electron chi connectivity index (χ1n) is 5.98. The van der Waals surface area contributed by atoms with E-state index in [1.165, 1.54) is 0 Å². The number of benzene rings is 1. The Bertz CT molecular complexity index is 451. The van der Waals surface area contributed by atoms with E-state index in [1.54, 1.807) is 0 Å². The molecule has 17 heavy (non-hydrogen) atoms. The van der Waals surface area contributed by atoms with Gasteiger partial charge < -0.3 is 5.32 Å². The van der Waals surface area contributed by atoms with Crippen molar-refractivity contribution in [2.24, 2.45) is 10.9 Å². The van der Waals surface area contributed by atoms with Crippen molar-refractivity contribution in [2.45, 2.75) is 32.9 Å². The second-order valence-corrected chi connectivity index (χ2v) is 5.56. The molecule has 1 aliphatic heterocycles. The fourth-order valence-electron chi connectivity index (χ4n) is 2.31. The molecule has 1 aromatic rings. The van der Waals surface area contributed by atoms with Crippen molar-refractivity contribution in [1.29, 1.82) is 0 Å². The Morgan fingerprint density at radius 3 is 2.53 bits per heavy atom. The maximum absolute atomic E-state index is 5.38. The second-order valence-electron chi connectivity index (χ2n) is 5.15. The van der Waals surface area contributed by atoms with Crippen LogP contribution >= 0.6 is 12.2 Å². The zero-order chi connectivity index (χ0) is 12.5. The van der Waals surface area contributed by atoms with Gasteiger partial charge in [-0.3, -0.25) is 4.99 Å². The summed E-state index contributed by atoms with van der Waals surface area (Å²) in [7, 11) is 0. The number of thiocarbonyl (C=S) groups is 1. The highest BCUT2D eigenvalue weighted by atomic mass is 32.1. The van der Waals surface area contributed by atoms with E-state index in [0.29, 0.717) is 5.92 Å². The molecule has 3 heteroatoms. The quantitative estimate of drug-likeness (QED) is 0.828. The molecule has 0 saturated heterocycles. The standard InChI is InChI=1S/C14H18N2S/c1-10(2)9-14(3)15-12(13(17)16-14)11-7-5-4-6-8-11/h4-8,10H,9H2,1-3H3,(H,16,17)/t14-/m0/s1. The molecule has 0 amide bonds. The van der Waals surface area contributed by atoms with Crippen LogP contribution in [0.3, 0.4) is 0 Å². The lowest BCUT2D eigenvalue weighted by molar-refractivity contribution is 0.359. The van der Waals surface area contributed by atoms with E-state index < -0.39 is 0 Å². The molecule has 0 saturated carbocycles. The largest absolute Gasteiger partial charge is 0.351 e. The van der Waals surface area contributed by atoms with Crippen LogP contribution in [0.2, 0.25) is 0 Å². The first kappa shape index (κ1) is 12.2. The highest BCUT2D eigenvalue weighted by Gasteiger charge is 2.33. The Balaban J connectivity index is 2.30. The monoisotopic (exact) mass is 246 g/mol. The average Bonchev–Trinajstić information content (AvgIpc) is 2.54. The Kier molecular flexibility index (Phi) is 3.29. The number of hydrogen-bond donors (Lipinski definition) is 1. The Hall–Kier alpha value is -1.22. The summed E-state index contributed by atoms with van der Waals surface area (Å²) in [5, 5.41) is 3.34. The fraction of sp³-hybridized carbons (Fsp3) is 0.429. The zero-order valence-corrected chi connectivity index (χ0v) is 11.3. The van der Waals surface area contributed by atoms with Crippen molar-refractivity contribution < 1.29 is 0 Å². The van der Waals surface area contributed by atoms with Crippen molar-refractivity contribution in [1.82, 2.24) is 5.32 Å². The van der Waals surface area contributed by atoms with Gasteiger partial charge in [0.25, 0.3) is 0 Å². The van der Waals surface area contributed by atoms with Gasteiger partial charge in [-0.1, -0.05) is 56.4 Å². The van der Waals surface area contributed by atoms with Crippen LogP contribution in [0.5, 0.6) is 0 Å². The third-order valence-corrected chi connectivity index (χ3v) is 3.10. The minimum absolute atomic E-state index is 0.240. The predicted octanol–water partition coefficient (Wildman–Crippen LogP) is 3.17. The topological polar surface area (TPSA) is 24.4 Å². The van der Waals surface area contributed by atoms with Crippen LogP contribution in [0.1, 0.15) is 32.8 Å². The summed E-state index contributed by atoms with van der Waals surface area (Å²) in [6, 6.07) is 10.1. The molecule has 1 heterocycles. The number of rotatable bonds is 3. The first-order chi connectivity index (χ1) is 8.00. The van der Waals surface area contributed by atoms with E-state index in [1.807, 2.05) is 30.3 Å². The molecule has 0 spiro atoms. The molecule has 2 rings (SSSR count). The van der Waals surface area contributed by atoms with E-state index in [4.69, 9.17) is 17.2 Å². The van der Waals surface area contributed by atoms with Crippen molar-refractivity contribution in [3.8, 4) is 0 Å². The summed E-state index contributed by atoms with van der Waals surface area (Å²) in [6.45, 7) is 6.51. The molecule has 2 nitrogen and oxygen atoms in total. The molecule has 0 aliphatic carbocycles. The van der Waals surface area contributed by atoms with Crippen LogP contribution in [0.25, 0.3) is 0 Å². The molecule has 1 aliphatic rings. The predicted molar refractivity (Wildman–Crippen MR) is 76.6 cm³/mol. The summed E-state index contributed by atoms with van der Waals surface area (Å²) >= 11 is 5.38. The number of aliphatic imine (C=N–C) groups is 1. The van der Waals surface area contributed by atoms with Gasteiger partial charge in [0.1, 0.15) is 16.4 Å². The lowest BCUT2D eigenvalue weighted by Gasteiger charge is -2.23. The normalized spacial score (nSPS) is 23.8. The molecular formula is C14H18N2S. The van der Waals surface area contributed by atoms with E-state index in [9.17, 15) is 0 Å². The van der Waals surface area contributed by atoms with Crippen LogP contribution in [0.15, 0.2) is 35.3 Å². The Labute approximate surface area is 108 Å². The number of nitrogens with one attached hydrogen (secondary N) is 1. The maximum Gasteiger partial charge on any atom is 0.128 e. The smallest absolute Gasteiger partial charge is 0.128 e. The van der Waals surface area contributed by atoms with E-state index >= 15 is 0 Å². The number of nitrogens with zero attached hydrogens (tertiary/aromatic N) is 1. The van der Waals surface area contributed by atoms with E-state index in [0.717, 1.165) is 22.7 Å². The highest BCUT2D eigenvalue weighted by molar-refractivity contribution is 7.82. The molecule has 90 valence electrons. The minimum atomic E-state index is -0.240. The van der Waals surface area contributed by atoms with Crippen molar-refractivity contribution in [3.05, 3.63) is 35.9 Å². The van der Waals surface area contributed by atoms with Gasteiger partial charge in [-0.15, -0.1) is 0 Å². The van der Waals surface area contributed by atoms with Crippen molar-refractivity contribution in [3.63, 3.8) is 0 Å². The van der Waals surface area contributed by atoms with Crippen LogP contribution < -0.4 is 5.32 Å². The first-order valence-corrected chi connectivity index (χ1v) is 6.39. The highest BCUT2D eigenvalue weighted by Crippen LogP contribution is 2.24. The van der Waals surface area contributed by atoms with E-state index in [-0.39, 0.29) is 5.66 Å². The van der Waals surface area contributed by atoms with Gasteiger partial charge in [-0.2, -0.15) is 0 Å². The molecule has 0 bridgehead atoms. The average molecular weight is 246 g/mol. The van der Waals surface area contributed by atoms with Gasteiger partial charge in [0.2, 0.25) is 0 Å². The molecule has 1 N–H and O–H groups in total. The van der Waals surface area contributed by atoms with Crippen LogP contribution in [0, 0.1) is 5.92 Å².